The maximum atomic E-state index is 9.19. The molecule has 5 heteroatoms. The lowest BCUT2D eigenvalue weighted by Crippen LogP contribution is -2.49. The van der Waals surface area contributed by atoms with Crippen molar-refractivity contribution in [2.45, 2.75) is 39.0 Å². The summed E-state index contributed by atoms with van der Waals surface area (Å²) in [4.78, 5) is 2.35. The van der Waals surface area contributed by atoms with Gasteiger partial charge in [0.1, 0.15) is 0 Å². The molecule has 0 aromatic carbocycles. The van der Waals surface area contributed by atoms with Crippen molar-refractivity contribution in [3.05, 3.63) is 17.5 Å². The van der Waals surface area contributed by atoms with E-state index in [1.807, 2.05) is 11.7 Å². The first-order valence-electron chi connectivity index (χ1n) is 6.62. The van der Waals surface area contributed by atoms with E-state index in [2.05, 4.69) is 29.9 Å². The summed E-state index contributed by atoms with van der Waals surface area (Å²) in [5.41, 5.74) is 2.35. The van der Waals surface area contributed by atoms with Gasteiger partial charge in [-0.25, -0.2) is 0 Å². The van der Waals surface area contributed by atoms with Crippen LogP contribution in [0.3, 0.4) is 0 Å². The second-order valence-corrected chi connectivity index (χ2v) is 5.02. The average Bonchev–Trinajstić information content (AvgIpc) is 2.73. The molecule has 1 saturated heterocycles. The summed E-state index contributed by atoms with van der Waals surface area (Å²) in [5, 5.41) is 13.7. The van der Waals surface area contributed by atoms with Gasteiger partial charge in [0.25, 0.3) is 0 Å². The fraction of sp³-hybridized carbons (Fsp3) is 0.769. The van der Waals surface area contributed by atoms with Gasteiger partial charge in [0.05, 0.1) is 30.7 Å². The molecule has 18 heavy (non-hydrogen) atoms. The Morgan fingerprint density at radius 2 is 2.33 bits per heavy atom. The molecule has 0 bridgehead atoms. The lowest BCUT2D eigenvalue weighted by atomic mass is 10.2. The Labute approximate surface area is 108 Å². The van der Waals surface area contributed by atoms with Crippen molar-refractivity contribution in [3.63, 3.8) is 0 Å². The van der Waals surface area contributed by atoms with Crippen LogP contribution in [0.1, 0.15) is 25.2 Å². The Bertz CT molecular complexity index is 392. The van der Waals surface area contributed by atoms with Gasteiger partial charge in [-0.05, 0) is 19.4 Å². The molecule has 2 rings (SSSR count). The number of aromatic nitrogens is 2. The highest BCUT2D eigenvalue weighted by Gasteiger charge is 2.26. The highest BCUT2D eigenvalue weighted by molar-refractivity contribution is 5.10. The first-order valence-corrected chi connectivity index (χ1v) is 6.62. The van der Waals surface area contributed by atoms with E-state index in [1.165, 1.54) is 5.69 Å². The predicted molar refractivity (Wildman–Crippen MR) is 69.3 cm³/mol. The van der Waals surface area contributed by atoms with Gasteiger partial charge in [-0.2, -0.15) is 5.10 Å². The van der Waals surface area contributed by atoms with E-state index in [0.29, 0.717) is 12.6 Å². The molecule has 0 aliphatic carbocycles. The van der Waals surface area contributed by atoms with Crippen LogP contribution in [0, 0.1) is 0 Å². The Balaban J connectivity index is 2.04. The third kappa shape index (κ3) is 2.91. The van der Waals surface area contributed by atoms with Crippen molar-refractivity contribution in [2.24, 2.45) is 7.05 Å². The second-order valence-electron chi connectivity index (χ2n) is 5.02. The van der Waals surface area contributed by atoms with Crippen molar-refractivity contribution in [3.8, 4) is 0 Å². The maximum absolute atomic E-state index is 9.19. The summed E-state index contributed by atoms with van der Waals surface area (Å²) in [6.07, 6.45) is 0.909. The molecule has 0 saturated carbocycles. The molecule has 2 heterocycles. The topological polar surface area (TPSA) is 50.5 Å². The highest BCUT2D eigenvalue weighted by Crippen LogP contribution is 2.16. The van der Waals surface area contributed by atoms with Gasteiger partial charge in [0.2, 0.25) is 0 Å². The van der Waals surface area contributed by atoms with Crippen molar-refractivity contribution >= 4 is 0 Å². The van der Waals surface area contributed by atoms with Crippen molar-refractivity contribution in [2.75, 3.05) is 19.8 Å². The number of ether oxygens (including phenoxy) is 1. The minimum absolute atomic E-state index is 0.0555. The zero-order chi connectivity index (χ0) is 13.1. The Morgan fingerprint density at radius 1 is 1.56 bits per heavy atom. The molecule has 1 aromatic rings. The van der Waals surface area contributed by atoms with Gasteiger partial charge in [-0.3, -0.25) is 9.58 Å². The zero-order valence-corrected chi connectivity index (χ0v) is 11.5. The fourth-order valence-electron chi connectivity index (χ4n) is 2.31. The van der Waals surface area contributed by atoms with Crippen LogP contribution in [0.4, 0.5) is 0 Å². The van der Waals surface area contributed by atoms with Gasteiger partial charge in [0.15, 0.2) is 0 Å². The lowest BCUT2D eigenvalue weighted by molar-refractivity contribution is -0.0811. The molecule has 1 fully saturated rings. The molecule has 5 nitrogen and oxygen atoms in total. The SMILES string of the molecule is CCc1cc(CN2CC(CO)OCC2C)n(C)n1. The number of aryl methyl sites for hydroxylation is 2. The Hall–Kier alpha value is -0.910. The Kier molecular flexibility index (Phi) is 4.37. The molecule has 0 spiro atoms. The van der Waals surface area contributed by atoms with E-state index < -0.39 is 0 Å². The molecule has 1 aliphatic heterocycles. The molecular weight excluding hydrogens is 230 g/mol. The summed E-state index contributed by atoms with van der Waals surface area (Å²) in [6.45, 7) is 6.70. The second kappa shape index (κ2) is 5.82. The molecule has 2 unspecified atom stereocenters. The third-order valence-corrected chi connectivity index (χ3v) is 3.59. The van der Waals surface area contributed by atoms with E-state index >= 15 is 0 Å². The molecular formula is C13H23N3O2. The maximum Gasteiger partial charge on any atom is 0.0933 e. The first-order chi connectivity index (χ1) is 8.63. The van der Waals surface area contributed by atoms with Gasteiger partial charge in [-0.15, -0.1) is 0 Å². The number of aliphatic hydroxyl groups excluding tert-OH is 1. The molecule has 1 N–H and O–H groups in total. The normalized spacial score (nSPS) is 25.6. The van der Waals surface area contributed by atoms with Crippen LogP contribution in [0.5, 0.6) is 0 Å². The number of hydrogen-bond donors (Lipinski definition) is 1. The van der Waals surface area contributed by atoms with Crippen molar-refractivity contribution in [1.82, 2.24) is 14.7 Å². The molecule has 102 valence electrons. The van der Waals surface area contributed by atoms with Gasteiger partial charge in [0, 0.05) is 26.2 Å². The number of nitrogens with zero attached hydrogens (tertiary/aromatic N) is 3. The first kappa shape index (κ1) is 13.5. The fourth-order valence-corrected chi connectivity index (χ4v) is 2.31. The molecule has 0 radical (unpaired) electrons. The summed E-state index contributed by atoms with van der Waals surface area (Å²) >= 11 is 0. The number of morpholine rings is 1. The molecule has 1 aromatic heterocycles. The standard InChI is InChI=1S/C13H23N3O2/c1-4-11-5-12(15(3)14-11)6-16-7-13(8-17)18-9-10(16)2/h5,10,13,17H,4,6-9H2,1-3H3. The van der Waals surface area contributed by atoms with Crippen molar-refractivity contribution in [1.29, 1.82) is 0 Å². The number of rotatable bonds is 4. The predicted octanol–water partition coefficient (Wildman–Crippen LogP) is 0.564. The van der Waals surface area contributed by atoms with E-state index in [9.17, 15) is 5.11 Å². The third-order valence-electron chi connectivity index (χ3n) is 3.59. The van der Waals surface area contributed by atoms with Crippen LogP contribution in [-0.4, -0.2) is 51.7 Å². The van der Waals surface area contributed by atoms with Gasteiger partial charge in [-0.1, -0.05) is 6.92 Å². The summed E-state index contributed by atoms with van der Waals surface area (Å²) in [7, 11) is 1.99. The van der Waals surface area contributed by atoms with E-state index in [4.69, 9.17) is 4.74 Å². The Morgan fingerprint density at radius 3 is 2.94 bits per heavy atom. The minimum atomic E-state index is -0.0555. The lowest BCUT2D eigenvalue weighted by Gasteiger charge is -2.37. The van der Waals surface area contributed by atoms with E-state index in [-0.39, 0.29) is 12.7 Å². The van der Waals surface area contributed by atoms with Crippen LogP contribution in [0.15, 0.2) is 6.07 Å². The monoisotopic (exact) mass is 253 g/mol. The summed E-state index contributed by atoms with van der Waals surface area (Å²) in [5.74, 6) is 0. The van der Waals surface area contributed by atoms with Gasteiger partial charge < -0.3 is 9.84 Å². The largest absolute Gasteiger partial charge is 0.394 e. The number of aliphatic hydroxyl groups is 1. The van der Waals surface area contributed by atoms with Crippen molar-refractivity contribution < 1.29 is 9.84 Å². The molecule has 1 aliphatic rings. The zero-order valence-electron chi connectivity index (χ0n) is 11.5. The van der Waals surface area contributed by atoms with E-state index in [1.54, 1.807) is 0 Å². The van der Waals surface area contributed by atoms with Gasteiger partial charge >= 0.3 is 0 Å². The molecule has 2 atom stereocenters. The minimum Gasteiger partial charge on any atom is -0.394 e. The van der Waals surface area contributed by atoms with Crippen LogP contribution in [-0.2, 0) is 24.8 Å². The van der Waals surface area contributed by atoms with E-state index in [0.717, 1.165) is 25.2 Å². The summed E-state index contributed by atoms with van der Waals surface area (Å²) < 4.78 is 7.50. The van der Waals surface area contributed by atoms with Crippen LogP contribution >= 0.6 is 0 Å². The summed E-state index contributed by atoms with van der Waals surface area (Å²) in [6, 6.07) is 2.55. The number of hydrogen-bond acceptors (Lipinski definition) is 4. The molecule has 0 amide bonds. The highest BCUT2D eigenvalue weighted by atomic mass is 16.5. The quantitative estimate of drug-likeness (QED) is 0.852. The van der Waals surface area contributed by atoms with Crippen LogP contribution in [0.2, 0.25) is 0 Å². The smallest absolute Gasteiger partial charge is 0.0933 e. The van der Waals surface area contributed by atoms with Crippen LogP contribution in [0.25, 0.3) is 0 Å². The average molecular weight is 253 g/mol. The van der Waals surface area contributed by atoms with Crippen LogP contribution < -0.4 is 0 Å².